The van der Waals surface area contributed by atoms with E-state index in [4.69, 9.17) is 18.0 Å². The number of benzene rings is 2. The van der Waals surface area contributed by atoms with Crippen molar-refractivity contribution in [2.24, 2.45) is 0 Å². The van der Waals surface area contributed by atoms with Crippen LogP contribution in [0.25, 0.3) is 22.1 Å². The van der Waals surface area contributed by atoms with Crippen molar-refractivity contribution in [2.45, 2.75) is 84.7 Å². The third kappa shape index (κ3) is 6.18. The largest absolute Gasteiger partial charge is 0.544 e. The van der Waals surface area contributed by atoms with Crippen LogP contribution in [0, 0.1) is 0 Å². The van der Waals surface area contributed by atoms with Crippen molar-refractivity contribution in [2.75, 3.05) is 0 Å². The fraction of sp³-hybridized carbons (Fsp3) is 0.448. The molecule has 0 saturated heterocycles. The Morgan fingerprint density at radius 2 is 1.32 bits per heavy atom. The average Bonchev–Trinajstić information content (AvgIpc) is 2.72. The molecule has 37 heavy (non-hydrogen) atoms. The van der Waals surface area contributed by atoms with Gasteiger partial charge in [-0.3, -0.25) is 9.59 Å². The highest BCUT2D eigenvalue weighted by atomic mass is 28.4. The van der Waals surface area contributed by atoms with Crippen molar-refractivity contribution in [3.05, 3.63) is 52.9 Å². The van der Waals surface area contributed by atoms with Gasteiger partial charge in [0.25, 0.3) is 0 Å². The number of carbonyl (C=O) groups excluding carboxylic acids is 1. The summed E-state index contributed by atoms with van der Waals surface area (Å²) in [4.78, 5) is 25.5. The van der Waals surface area contributed by atoms with Gasteiger partial charge in [0, 0.05) is 19.1 Å². The van der Waals surface area contributed by atoms with Gasteiger partial charge in [0.15, 0.2) is 0 Å². The van der Waals surface area contributed by atoms with Crippen molar-refractivity contribution in [1.82, 2.24) is 0 Å². The average molecular weight is 541 g/mol. The van der Waals surface area contributed by atoms with Crippen molar-refractivity contribution in [1.29, 1.82) is 0 Å². The number of ether oxygens (including phenoxy) is 1. The normalized spacial score (nSPS) is 12.9. The van der Waals surface area contributed by atoms with E-state index in [9.17, 15) is 9.59 Å². The highest BCUT2D eigenvalue weighted by Gasteiger charge is 2.40. The van der Waals surface area contributed by atoms with Gasteiger partial charge in [-0.2, -0.15) is 0 Å². The van der Waals surface area contributed by atoms with E-state index < -0.39 is 22.6 Å². The van der Waals surface area contributed by atoms with E-state index in [1.807, 2.05) is 24.3 Å². The Kier molecular flexibility index (Phi) is 7.60. The fourth-order valence-corrected chi connectivity index (χ4v) is 5.33. The van der Waals surface area contributed by atoms with Crippen LogP contribution in [0.15, 0.2) is 51.9 Å². The zero-order valence-corrected chi connectivity index (χ0v) is 26.0. The number of hydrogen-bond acceptors (Lipinski definition) is 6. The van der Waals surface area contributed by atoms with Crippen molar-refractivity contribution in [3.8, 4) is 28.4 Å². The lowest BCUT2D eigenvalue weighted by Gasteiger charge is -2.36. The minimum atomic E-state index is -2.18. The van der Waals surface area contributed by atoms with Gasteiger partial charge < -0.3 is 18.0 Å². The monoisotopic (exact) mass is 540 g/mol. The quantitative estimate of drug-likeness (QED) is 0.178. The van der Waals surface area contributed by atoms with Gasteiger partial charge in [-0.25, -0.2) is 0 Å². The second kappa shape index (κ2) is 9.80. The number of esters is 1. The lowest BCUT2D eigenvalue weighted by Crippen LogP contribution is -2.43. The lowest BCUT2D eigenvalue weighted by molar-refractivity contribution is -0.131. The molecule has 1 aromatic heterocycles. The summed E-state index contributed by atoms with van der Waals surface area (Å²) in [6.45, 7) is 22.9. The molecule has 8 heteroatoms. The first-order chi connectivity index (χ1) is 16.8. The predicted molar refractivity (Wildman–Crippen MR) is 155 cm³/mol. The summed E-state index contributed by atoms with van der Waals surface area (Å²) in [7, 11) is -4.16. The van der Waals surface area contributed by atoms with Gasteiger partial charge >= 0.3 is 5.97 Å². The molecule has 3 rings (SSSR count). The minimum Gasteiger partial charge on any atom is -0.544 e. The smallest absolute Gasteiger partial charge is 0.308 e. The van der Waals surface area contributed by atoms with Gasteiger partial charge in [0.2, 0.25) is 22.1 Å². The first kappa shape index (κ1) is 28.7. The molecule has 0 spiro atoms. The van der Waals surface area contributed by atoms with Crippen LogP contribution in [0.2, 0.25) is 36.3 Å². The molecule has 0 fully saturated rings. The van der Waals surface area contributed by atoms with E-state index >= 15 is 0 Å². The van der Waals surface area contributed by atoms with Gasteiger partial charge in [-0.15, -0.1) is 0 Å². The fourth-order valence-electron chi connectivity index (χ4n) is 3.28. The molecule has 6 nitrogen and oxygen atoms in total. The maximum absolute atomic E-state index is 13.6. The van der Waals surface area contributed by atoms with Gasteiger partial charge in [0.05, 0.1) is 5.56 Å². The first-order valence-electron chi connectivity index (χ1n) is 12.6. The maximum Gasteiger partial charge on any atom is 0.308 e. The zero-order chi connectivity index (χ0) is 28.0. The van der Waals surface area contributed by atoms with Gasteiger partial charge in [-0.05, 0) is 54.0 Å². The molecule has 0 atom stereocenters. The van der Waals surface area contributed by atoms with Crippen molar-refractivity contribution >= 4 is 33.6 Å². The molecule has 0 radical (unpaired) electrons. The number of fused-ring (bicyclic) bond motifs is 1. The van der Waals surface area contributed by atoms with Gasteiger partial charge in [0.1, 0.15) is 34.5 Å². The number of carbonyl (C=O) groups is 1. The molecule has 0 unspecified atom stereocenters. The molecular weight excluding hydrogens is 500 g/mol. The van der Waals surface area contributed by atoms with Crippen LogP contribution in [0.4, 0.5) is 0 Å². The van der Waals surface area contributed by atoms with E-state index in [0.717, 1.165) is 5.75 Å². The van der Waals surface area contributed by atoms with E-state index in [1.165, 1.54) is 13.2 Å². The summed E-state index contributed by atoms with van der Waals surface area (Å²) >= 11 is 0. The predicted octanol–water partition coefficient (Wildman–Crippen LogP) is 8.15. The molecule has 0 amide bonds. The highest BCUT2D eigenvalue weighted by Crippen LogP contribution is 2.40. The summed E-state index contributed by atoms with van der Waals surface area (Å²) in [5, 5.41) is 0.247. The van der Waals surface area contributed by atoms with Crippen LogP contribution in [0.5, 0.6) is 17.2 Å². The Balaban J connectivity index is 2.06. The maximum atomic E-state index is 13.6. The zero-order valence-electron chi connectivity index (χ0n) is 24.0. The molecule has 0 aliphatic rings. The second-order valence-electron chi connectivity index (χ2n) is 12.6. The van der Waals surface area contributed by atoms with E-state index in [-0.39, 0.29) is 26.6 Å². The van der Waals surface area contributed by atoms with Crippen LogP contribution in [0.3, 0.4) is 0 Å². The third-order valence-corrected chi connectivity index (χ3v) is 16.3. The van der Waals surface area contributed by atoms with Crippen LogP contribution in [-0.4, -0.2) is 22.6 Å². The van der Waals surface area contributed by atoms with E-state index in [0.29, 0.717) is 22.5 Å². The molecule has 3 aromatic rings. The third-order valence-electron chi connectivity index (χ3n) is 7.59. The molecule has 0 bridgehead atoms. The Hall–Kier alpha value is -2.85. The minimum absolute atomic E-state index is 0.0330. The first-order valence-corrected chi connectivity index (χ1v) is 18.4. The molecule has 0 aliphatic heterocycles. The van der Waals surface area contributed by atoms with Crippen LogP contribution < -0.4 is 19.0 Å². The van der Waals surface area contributed by atoms with Gasteiger partial charge in [-0.1, -0.05) is 53.7 Å². The summed E-state index contributed by atoms with van der Waals surface area (Å²) in [5.74, 6) is 0.891. The lowest BCUT2D eigenvalue weighted by atomic mass is 10.0. The summed E-state index contributed by atoms with van der Waals surface area (Å²) in [5.41, 5.74) is 1.08. The van der Waals surface area contributed by atoms with E-state index in [1.54, 1.807) is 12.1 Å². The molecule has 0 saturated carbocycles. The van der Waals surface area contributed by atoms with Crippen LogP contribution in [0.1, 0.15) is 48.5 Å². The summed E-state index contributed by atoms with van der Waals surface area (Å²) < 4.78 is 24.2. The van der Waals surface area contributed by atoms with Crippen molar-refractivity contribution in [3.63, 3.8) is 0 Å². The summed E-state index contributed by atoms with van der Waals surface area (Å²) in [6, 6.07) is 10.8. The highest BCUT2D eigenvalue weighted by molar-refractivity contribution is 6.75. The Morgan fingerprint density at radius 3 is 1.81 bits per heavy atom. The van der Waals surface area contributed by atoms with Crippen LogP contribution in [-0.2, 0) is 4.79 Å². The Bertz CT molecular complexity index is 1360. The second-order valence-corrected chi connectivity index (χ2v) is 22.1. The molecule has 0 aliphatic carbocycles. The molecule has 1 heterocycles. The molecule has 2 aromatic carbocycles. The van der Waals surface area contributed by atoms with E-state index in [2.05, 4.69) is 67.7 Å². The SMILES string of the molecule is CC(=O)Oc1cc(O[Si](C)(C)C(C)(C)C)cc2occ(-c3ccc(O[Si](C)(C)C(C)(C)C)cc3)c(=O)c12. The molecule has 0 N–H and O–H groups in total. The summed E-state index contributed by atoms with van der Waals surface area (Å²) in [6.07, 6.45) is 1.45. The topological polar surface area (TPSA) is 75.0 Å². The molecular formula is C29H40O6Si2. The standard InChI is InChI=1S/C29H40O6Si2/c1-19(30)33-25-17-22(35-37(10,11)29(5,6)7)16-24-26(25)27(31)23(18-32-24)20-12-14-21(15-13-20)34-36(8,9)28(2,3)4/h12-18H,1-11H3. The molecule has 200 valence electrons. The number of rotatable bonds is 6. The van der Waals surface area contributed by atoms with Crippen LogP contribution >= 0.6 is 0 Å². The number of hydrogen-bond donors (Lipinski definition) is 0. The van der Waals surface area contributed by atoms with Crippen molar-refractivity contribution < 1.29 is 22.8 Å². The Morgan fingerprint density at radius 1 is 0.811 bits per heavy atom. The Labute approximate surface area is 222 Å².